The number of hydrogen-bond donors (Lipinski definition) is 1. The van der Waals surface area contributed by atoms with E-state index in [9.17, 15) is 0 Å². The fraction of sp³-hybridized carbons (Fsp3) is 0.200. The van der Waals surface area contributed by atoms with Gasteiger partial charge in [-0.15, -0.1) is 11.3 Å². The Kier molecular flexibility index (Phi) is 3.53. The van der Waals surface area contributed by atoms with Gasteiger partial charge in [0.1, 0.15) is 0 Å². The Morgan fingerprint density at radius 3 is 2.84 bits per heavy atom. The van der Waals surface area contributed by atoms with Crippen molar-refractivity contribution < 1.29 is 0 Å². The number of thiophene rings is 1. The monoisotopic (exact) mass is 269 g/mol. The number of aromatic nitrogens is 2. The second-order valence-electron chi connectivity index (χ2n) is 4.51. The maximum Gasteiger partial charge on any atom is 0.0724 e. The Morgan fingerprint density at radius 1 is 1.11 bits per heavy atom. The van der Waals surface area contributed by atoms with Crippen LogP contribution in [0.5, 0.6) is 0 Å². The lowest BCUT2D eigenvalue weighted by Gasteiger charge is -2.03. The van der Waals surface area contributed by atoms with Crippen LogP contribution in [0.1, 0.15) is 17.0 Å². The third kappa shape index (κ3) is 2.80. The molecule has 96 valence electrons. The quantitative estimate of drug-likeness (QED) is 0.789. The maximum atomic E-state index is 4.34. The summed E-state index contributed by atoms with van der Waals surface area (Å²) in [4.78, 5) is 8.58. The van der Waals surface area contributed by atoms with Crippen molar-refractivity contribution in [2.45, 2.75) is 20.0 Å². The molecular weight excluding hydrogens is 254 g/mol. The molecule has 2 aromatic heterocycles. The Balaban J connectivity index is 1.65. The number of nitrogens with one attached hydrogen (secondary N) is 1. The summed E-state index contributed by atoms with van der Waals surface area (Å²) in [6, 6.07) is 8.51. The van der Waals surface area contributed by atoms with Gasteiger partial charge in [0, 0.05) is 30.2 Å². The largest absolute Gasteiger partial charge is 0.307 e. The maximum absolute atomic E-state index is 4.34. The molecule has 0 amide bonds. The van der Waals surface area contributed by atoms with Crippen LogP contribution >= 0.6 is 11.3 Å². The van der Waals surface area contributed by atoms with Gasteiger partial charge in [-0.1, -0.05) is 18.2 Å². The zero-order valence-corrected chi connectivity index (χ0v) is 11.6. The van der Waals surface area contributed by atoms with Gasteiger partial charge >= 0.3 is 0 Å². The summed E-state index contributed by atoms with van der Waals surface area (Å²) < 4.78 is 1.34. The Labute approximate surface area is 116 Å². The van der Waals surface area contributed by atoms with Crippen LogP contribution in [-0.4, -0.2) is 9.97 Å². The van der Waals surface area contributed by atoms with Crippen LogP contribution in [0.4, 0.5) is 0 Å². The van der Waals surface area contributed by atoms with Crippen molar-refractivity contribution in [2.24, 2.45) is 0 Å². The summed E-state index contributed by atoms with van der Waals surface area (Å²) in [6.45, 7) is 3.55. The van der Waals surface area contributed by atoms with Crippen molar-refractivity contribution in [1.82, 2.24) is 15.3 Å². The Hall–Kier alpha value is -1.78. The van der Waals surface area contributed by atoms with Gasteiger partial charge in [-0.25, -0.2) is 0 Å². The highest BCUT2D eigenvalue weighted by Gasteiger charge is 2.03. The van der Waals surface area contributed by atoms with Crippen molar-refractivity contribution >= 4 is 21.4 Å². The number of nitrogens with zero attached hydrogens (tertiary/aromatic N) is 2. The second kappa shape index (κ2) is 5.47. The van der Waals surface area contributed by atoms with E-state index in [-0.39, 0.29) is 0 Å². The highest BCUT2D eigenvalue weighted by Crippen LogP contribution is 2.25. The minimum atomic E-state index is 0.747. The van der Waals surface area contributed by atoms with E-state index in [1.807, 2.05) is 13.1 Å². The molecule has 3 nitrogen and oxygen atoms in total. The number of aryl methyl sites for hydroxylation is 1. The minimum absolute atomic E-state index is 0.747. The van der Waals surface area contributed by atoms with Crippen LogP contribution in [0, 0.1) is 6.92 Å². The molecular formula is C15H15N3S. The summed E-state index contributed by atoms with van der Waals surface area (Å²) in [5.74, 6) is 0. The molecule has 2 heterocycles. The second-order valence-corrected chi connectivity index (χ2v) is 5.42. The number of hydrogen-bond acceptors (Lipinski definition) is 4. The van der Waals surface area contributed by atoms with Crippen LogP contribution in [0.25, 0.3) is 10.1 Å². The smallest absolute Gasteiger partial charge is 0.0724 e. The van der Waals surface area contributed by atoms with E-state index in [1.165, 1.54) is 15.6 Å². The van der Waals surface area contributed by atoms with E-state index < -0.39 is 0 Å². The van der Waals surface area contributed by atoms with Gasteiger partial charge in [-0.3, -0.25) is 9.97 Å². The highest BCUT2D eigenvalue weighted by molar-refractivity contribution is 7.17. The van der Waals surface area contributed by atoms with Crippen LogP contribution < -0.4 is 5.32 Å². The molecule has 19 heavy (non-hydrogen) atoms. The summed E-state index contributed by atoms with van der Waals surface area (Å²) >= 11 is 1.79. The first kappa shape index (κ1) is 12.3. The van der Waals surface area contributed by atoms with Gasteiger partial charge in [0.25, 0.3) is 0 Å². The lowest BCUT2D eigenvalue weighted by molar-refractivity contribution is 0.679. The SMILES string of the molecule is Cc1cnc(CNCc2csc3ccccc23)cn1. The molecule has 0 atom stereocenters. The predicted octanol–water partition coefficient (Wildman–Crippen LogP) is 3.29. The normalized spacial score (nSPS) is 11.0. The number of fused-ring (bicyclic) bond motifs is 1. The zero-order valence-electron chi connectivity index (χ0n) is 10.8. The number of benzene rings is 1. The molecule has 0 saturated heterocycles. The van der Waals surface area contributed by atoms with E-state index in [2.05, 4.69) is 44.9 Å². The first-order valence-electron chi connectivity index (χ1n) is 6.26. The molecule has 0 saturated carbocycles. The minimum Gasteiger partial charge on any atom is -0.307 e. The first-order chi connectivity index (χ1) is 9.33. The van der Waals surface area contributed by atoms with Crippen LogP contribution in [-0.2, 0) is 13.1 Å². The Bertz CT molecular complexity index is 673. The molecule has 0 aliphatic carbocycles. The van der Waals surface area contributed by atoms with Crippen LogP contribution in [0.15, 0.2) is 42.0 Å². The lowest BCUT2D eigenvalue weighted by Crippen LogP contribution is -2.13. The van der Waals surface area contributed by atoms with Gasteiger partial charge in [0.2, 0.25) is 0 Å². The summed E-state index contributed by atoms with van der Waals surface area (Å²) in [5.41, 5.74) is 3.28. The van der Waals surface area contributed by atoms with Crippen molar-refractivity contribution in [1.29, 1.82) is 0 Å². The molecule has 4 heteroatoms. The van der Waals surface area contributed by atoms with Gasteiger partial charge in [-0.05, 0) is 29.3 Å². The molecule has 0 radical (unpaired) electrons. The van der Waals surface area contributed by atoms with E-state index in [4.69, 9.17) is 0 Å². The van der Waals surface area contributed by atoms with Gasteiger partial charge in [0.15, 0.2) is 0 Å². The van der Waals surface area contributed by atoms with E-state index in [0.29, 0.717) is 0 Å². The molecule has 1 aromatic carbocycles. The van der Waals surface area contributed by atoms with Crippen molar-refractivity contribution in [3.8, 4) is 0 Å². The van der Waals surface area contributed by atoms with Crippen molar-refractivity contribution in [3.63, 3.8) is 0 Å². The average molecular weight is 269 g/mol. The molecule has 0 fully saturated rings. The van der Waals surface area contributed by atoms with Crippen LogP contribution in [0.3, 0.4) is 0 Å². The van der Waals surface area contributed by atoms with Crippen LogP contribution in [0.2, 0.25) is 0 Å². The van der Waals surface area contributed by atoms with E-state index in [0.717, 1.165) is 24.5 Å². The molecule has 0 aliphatic heterocycles. The Morgan fingerprint density at radius 2 is 2.00 bits per heavy atom. The molecule has 0 aliphatic rings. The summed E-state index contributed by atoms with van der Waals surface area (Å²) in [7, 11) is 0. The summed E-state index contributed by atoms with van der Waals surface area (Å²) in [5, 5.41) is 6.98. The molecule has 1 N–H and O–H groups in total. The summed E-state index contributed by atoms with van der Waals surface area (Å²) in [6.07, 6.45) is 3.63. The van der Waals surface area contributed by atoms with Gasteiger partial charge in [0.05, 0.1) is 11.4 Å². The third-order valence-electron chi connectivity index (χ3n) is 3.02. The fourth-order valence-corrected chi connectivity index (χ4v) is 2.97. The van der Waals surface area contributed by atoms with Gasteiger partial charge < -0.3 is 5.32 Å². The molecule has 0 spiro atoms. The molecule has 0 bridgehead atoms. The third-order valence-corrected chi connectivity index (χ3v) is 4.03. The van der Waals surface area contributed by atoms with Crippen molar-refractivity contribution in [2.75, 3.05) is 0 Å². The molecule has 3 rings (SSSR count). The lowest BCUT2D eigenvalue weighted by atomic mass is 10.2. The molecule has 3 aromatic rings. The van der Waals surface area contributed by atoms with Crippen molar-refractivity contribution in [3.05, 3.63) is 59.0 Å². The zero-order chi connectivity index (χ0) is 13.1. The number of rotatable bonds is 4. The van der Waals surface area contributed by atoms with Gasteiger partial charge in [-0.2, -0.15) is 0 Å². The van der Waals surface area contributed by atoms with E-state index in [1.54, 1.807) is 17.5 Å². The fourth-order valence-electron chi connectivity index (χ4n) is 2.01. The standard InChI is InChI=1S/C15H15N3S/c1-11-6-18-13(9-17-11)8-16-7-12-10-19-15-5-3-2-4-14(12)15/h2-6,9-10,16H,7-8H2,1H3. The van der Waals surface area contributed by atoms with E-state index >= 15 is 0 Å². The predicted molar refractivity (Wildman–Crippen MR) is 79.1 cm³/mol. The molecule has 0 unspecified atom stereocenters. The topological polar surface area (TPSA) is 37.8 Å². The highest BCUT2D eigenvalue weighted by atomic mass is 32.1. The average Bonchev–Trinajstić information content (AvgIpc) is 2.85. The first-order valence-corrected chi connectivity index (χ1v) is 7.14.